The number of hydrogen-bond donors (Lipinski definition) is 1. The van der Waals surface area contributed by atoms with E-state index >= 15 is 0 Å². The van der Waals surface area contributed by atoms with Gasteiger partial charge in [0.15, 0.2) is 5.13 Å². The van der Waals surface area contributed by atoms with Crippen LogP contribution in [-0.4, -0.2) is 43.1 Å². The van der Waals surface area contributed by atoms with Crippen LogP contribution in [0.2, 0.25) is 0 Å². The van der Waals surface area contributed by atoms with Gasteiger partial charge in [-0.25, -0.2) is 4.98 Å². The molecule has 0 bridgehead atoms. The zero-order chi connectivity index (χ0) is 21.6. The maximum absolute atomic E-state index is 12.9. The van der Waals surface area contributed by atoms with Crippen molar-refractivity contribution in [3.8, 4) is 22.8 Å². The van der Waals surface area contributed by atoms with Gasteiger partial charge >= 0.3 is 0 Å². The number of carbonyl (C=O) groups excluding carboxylic acids is 1. The third-order valence-corrected chi connectivity index (χ3v) is 6.35. The summed E-state index contributed by atoms with van der Waals surface area (Å²) in [6, 6.07) is 15.3. The Bertz CT molecular complexity index is 1010. The highest BCUT2D eigenvalue weighted by Crippen LogP contribution is 2.33. The van der Waals surface area contributed by atoms with Crippen molar-refractivity contribution in [3.05, 3.63) is 59.0 Å². The molecular weight excluding hydrogens is 446 g/mol. The minimum absolute atomic E-state index is 0. The molecule has 2 heterocycles. The number of thiazole rings is 1. The van der Waals surface area contributed by atoms with Crippen LogP contribution in [0.15, 0.2) is 48.5 Å². The highest BCUT2D eigenvalue weighted by molar-refractivity contribution is 7.16. The largest absolute Gasteiger partial charge is 0.497 e. The van der Waals surface area contributed by atoms with Gasteiger partial charge in [0.05, 0.1) is 19.9 Å². The van der Waals surface area contributed by atoms with Gasteiger partial charge in [-0.15, -0.1) is 12.4 Å². The van der Waals surface area contributed by atoms with Crippen LogP contribution in [0.5, 0.6) is 11.5 Å². The van der Waals surface area contributed by atoms with Gasteiger partial charge in [-0.1, -0.05) is 48.1 Å². The molecule has 1 saturated heterocycles. The van der Waals surface area contributed by atoms with E-state index in [1.54, 1.807) is 43.8 Å². The lowest BCUT2D eigenvalue weighted by Gasteiger charge is -2.26. The first-order valence-electron chi connectivity index (χ1n) is 10.5. The Morgan fingerprint density at radius 2 is 1.69 bits per heavy atom. The molecule has 1 fully saturated rings. The number of halogens is 1. The summed E-state index contributed by atoms with van der Waals surface area (Å²) in [6.07, 6.45) is 3.78. The molecular formula is C24H28ClN3O3S. The van der Waals surface area contributed by atoms with E-state index in [0.29, 0.717) is 22.2 Å². The van der Waals surface area contributed by atoms with Crippen molar-refractivity contribution in [2.75, 3.05) is 32.6 Å². The van der Waals surface area contributed by atoms with Gasteiger partial charge in [0.2, 0.25) is 0 Å². The smallest absolute Gasteiger partial charge is 0.257 e. The number of methoxy groups -OCH3 is 2. The lowest BCUT2D eigenvalue weighted by atomic mass is 10.1. The third kappa shape index (κ3) is 5.79. The van der Waals surface area contributed by atoms with Gasteiger partial charge in [0.25, 0.3) is 5.91 Å². The topological polar surface area (TPSA) is 63.7 Å². The van der Waals surface area contributed by atoms with Crippen LogP contribution < -0.4 is 14.8 Å². The predicted octanol–water partition coefficient (Wildman–Crippen LogP) is 5.49. The number of ether oxygens (including phenoxy) is 2. The Balaban J connectivity index is 0.00000289. The molecule has 1 aromatic heterocycles. The van der Waals surface area contributed by atoms with E-state index < -0.39 is 0 Å². The van der Waals surface area contributed by atoms with Gasteiger partial charge < -0.3 is 9.47 Å². The molecule has 8 heteroatoms. The number of nitrogens with one attached hydrogen (secondary N) is 1. The quantitative estimate of drug-likeness (QED) is 0.491. The van der Waals surface area contributed by atoms with Crippen molar-refractivity contribution >= 4 is 34.8 Å². The average Bonchev–Trinajstić information content (AvgIpc) is 3.21. The number of hydrogen-bond acceptors (Lipinski definition) is 6. The molecule has 0 spiro atoms. The number of aromatic nitrogens is 1. The summed E-state index contributed by atoms with van der Waals surface area (Å²) in [5.74, 6) is 0.897. The minimum atomic E-state index is -0.241. The van der Waals surface area contributed by atoms with Crippen molar-refractivity contribution in [2.45, 2.75) is 25.8 Å². The zero-order valence-corrected chi connectivity index (χ0v) is 19.9. The summed E-state index contributed by atoms with van der Waals surface area (Å²) in [7, 11) is 3.13. The standard InChI is InChI=1S/C24H27N3O3S.ClH/c1-29-19-13-18(14-20(15-19)30-2)23(28)26-24-25-22(17-9-5-3-6-10-17)21(31-24)16-27-11-7-4-8-12-27;/h3,5-6,9-10,13-15H,4,7-8,11-12,16H2,1-2H3,(H,25,26,28);1H. The highest BCUT2D eigenvalue weighted by Gasteiger charge is 2.19. The molecule has 1 N–H and O–H groups in total. The van der Waals surface area contributed by atoms with E-state index in [1.165, 1.54) is 24.1 Å². The van der Waals surface area contributed by atoms with E-state index in [-0.39, 0.29) is 18.3 Å². The molecule has 1 aliphatic rings. The number of amides is 1. The summed E-state index contributed by atoms with van der Waals surface area (Å²) in [4.78, 5) is 21.4. The van der Waals surface area contributed by atoms with Crippen molar-refractivity contribution in [2.24, 2.45) is 0 Å². The second kappa shape index (κ2) is 11.3. The van der Waals surface area contributed by atoms with Gasteiger partial charge in [-0.05, 0) is 38.1 Å². The summed E-state index contributed by atoms with van der Waals surface area (Å²) in [6.45, 7) is 3.07. The van der Waals surface area contributed by atoms with E-state index in [9.17, 15) is 4.79 Å². The van der Waals surface area contributed by atoms with Gasteiger partial charge in [-0.2, -0.15) is 0 Å². The Morgan fingerprint density at radius 3 is 2.31 bits per heavy atom. The Labute approximate surface area is 199 Å². The summed E-state index contributed by atoms with van der Waals surface area (Å²) in [5, 5.41) is 3.56. The number of anilines is 1. The molecule has 32 heavy (non-hydrogen) atoms. The molecule has 1 aliphatic heterocycles. The first-order valence-corrected chi connectivity index (χ1v) is 11.3. The van der Waals surface area contributed by atoms with Crippen LogP contribution in [0.25, 0.3) is 11.3 Å². The van der Waals surface area contributed by atoms with Crippen molar-refractivity contribution < 1.29 is 14.3 Å². The van der Waals surface area contributed by atoms with Crippen molar-refractivity contribution in [1.82, 2.24) is 9.88 Å². The fourth-order valence-electron chi connectivity index (χ4n) is 3.76. The van der Waals surface area contributed by atoms with Gasteiger partial charge in [0.1, 0.15) is 11.5 Å². The molecule has 6 nitrogen and oxygen atoms in total. The fraction of sp³-hybridized carbons (Fsp3) is 0.333. The lowest BCUT2D eigenvalue weighted by molar-refractivity contribution is 0.102. The predicted molar refractivity (Wildman–Crippen MR) is 131 cm³/mol. The molecule has 4 rings (SSSR count). The first-order chi connectivity index (χ1) is 15.2. The molecule has 3 aromatic rings. The Hall–Kier alpha value is -2.61. The van der Waals surface area contributed by atoms with Crippen LogP contribution in [0.4, 0.5) is 5.13 Å². The monoisotopic (exact) mass is 473 g/mol. The second-order valence-corrected chi connectivity index (χ2v) is 8.63. The molecule has 0 unspecified atom stereocenters. The molecule has 2 aromatic carbocycles. The van der Waals surface area contributed by atoms with Crippen LogP contribution in [-0.2, 0) is 6.54 Å². The highest BCUT2D eigenvalue weighted by atomic mass is 35.5. The fourth-order valence-corrected chi connectivity index (χ4v) is 4.78. The number of piperidine rings is 1. The van der Waals surface area contributed by atoms with Crippen molar-refractivity contribution in [1.29, 1.82) is 0 Å². The van der Waals surface area contributed by atoms with E-state index in [4.69, 9.17) is 14.5 Å². The second-order valence-electron chi connectivity index (χ2n) is 7.55. The molecule has 0 saturated carbocycles. The molecule has 1 amide bonds. The number of benzene rings is 2. The minimum Gasteiger partial charge on any atom is -0.497 e. The number of rotatable bonds is 7. The summed E-state index contributed by atoms with van der Waals surface area (Å²) in [5.41, 5.74) is 2.47. The number of likely N-dealkylation sites (tertiary alicyclic amines) is 1. The molecule has 0 atom stereocenters. The normalized spacial score (nSPS) is 13.8. The lowest BCUT2D eigenvalue weighted by Crippen LogP contribution is -2.28. The van der Waals surface area contributed by atoms with Crippen LogP contribution in [0.1, 0.15) is 34.5 Å². The van der Waals surface area contributed by atoms with E-state index in [0.717, 1.165) is 30.9 Å². The van der Waals surface area contributed by atoms with Crippen LogP contribution in [0.3, 0.4) is 0 Å². The summed E-state index contributed by atoms with van der Waals surface area (Å²) < 4.78 is 10.6. The van der Waals surface area contributed by atoms with Gasteiger partial charge in [0, 0.05) is 28.6 Å². The average molecular weight is 474 g/mol. The van der Waals surface area contributed by atoms with E-state index in [2.05, 4.69) is 22.3 Å². The third-order valence-electron chi connectivity index (χ3n) is 5.39. The maximum atomic E-state index is 12.9. The first kappa shape index (κ1) is 24.0. The van der Waals surface area contributed by atoms with Crippen molar-refractivity contribution in [3.63, 3.8) is 0 Å². The molecule has 170 valence electrons. The summed E-state index contributed by atoms with van der Waals surface area (Å²) >= 11 is 1.54. The maximum Gasteiger partial charge on any atom is 0.257 e. The molecule has 0 radical (unpaired) electrons. The van der Waals surface area contributed by atoms with Crippen LogP contribution in [0, 0.1) is 0 Å². The van der Waals surface area contributed by atoms with E-state index in [1.807, 2.05) is 18.2 Å². The number of carbonyl (C=O) groups is 1. The SMILES string of the molecule is COc1cc(OC)cc(C(=O)Nc2nc(-c3ccccc3)c(CN3CCCCC3)s2)c1.Cl. The Kier molecular flexibility index (Phi) is 8.50. The van der Waals surface area contributed by atoms with Crippen LogP contribution >= 0.6 is 23.7 Å². The Morgan fingerprint density at radius 1 is 1.03 bits per heavy atom. The van der Waals surface area contributed by atoms with Gasteiger partial charge in [-0.3, -0.25) is 15.0 Å². The number of nitrogens with zero attached hydrogens (tertiary/aromatic N) is 2. The zero-order valence-electron chi connectivity index (χ0n) is 18.3. The molecule has 0 aliphatic carbocycles.